The maximum Gasteiger partial charge on any atom is 0.303 e. The molecule has 0 saturated carbocycles. The van der Waals surface area contributed by atoms with Crippen LogP contribution in [0.5, 0.6) is 0 Å². The Morgan fingerprint density at radius 1 is 1.23 bits per heavy atom. The fraction of sp³-hybridized carbons (Fsp3) is 0.556. The summed E-state index contributed by atoms with van der Waals surface area (Å²) in [5.41, 5.74) is 0.980. The van der Waals surface area contributed by atoms with Crippen molar-refractivity contribution in [3.05, 3.63) is 35.9 Å². The molecule has 0 bridgehead atoms. The number of hydrogen-bond acceptors (Lipinski definition) is 7. The molecule has 1 saturated heterocycles. The minimum absolute atomic E-state index is 0.0699. The molecule has 8 nitrogen and oxygen atoms in total. The highest BCUT2D eigenvalue weighted by Crippen LogP contribution is 2.25. The fourth-order valence-electron chi connectivity index (χ4n) is 2.84. The number of benzene rings is 1. The average Bonchev–Trinajstić information content (AvgIpc) is 2.60. The van der Waals surface area contributed by atoms with Gasteiger partial charge in [-0.05, 0) is 5.56 Å². The summed E-state index contributed by atoms with van der Waals surface area (Å²) >= 11 is 0. The van der Waals surface area contributed by atoms with E-state index in [1.165, 1.54) is 21.0 Å². The molecule has 144 valence electrons. The topological polar surface area (TPSA) is 103 Å². The van der Waals surface area contributed by atoms with Crippen LogP contribution in [0.15, 0.2) is 30.3 Å². The predicted octanol–water partition coefficient (Wildman–Crippen LogP) is 0.372. The number of esters is 1. The first-order valence-corrected chi connectivity index (χ1v) is 8.34. The molecule has 0 spiro atoms. The molecule has 2 rings (SSSR count). The summed E-state index contributed by atoms with van der Waals surface area (Å²) in [5, 5.41) is 13.2. The zero-order chi connectivity index (χ0) is 19.1. The number of aliphatic hydroxyl groups excluding tert-OH is 1. The predicted molar refractivity (Wildman–Crippen MR) is 90.9 cm³/mol. The van der Waals surface area contributed by atoms with Crippen LogP contribution in [0.2, 0.25) is 0 Å². The van der Waals surface area contributed by atoms with Gasteiger partial charge in [0, 0.05) is 21.0 Å². The molecule has 5 atom stereocenters. The van der Waals surface area contributed by atoms with Gasteiger partial charge in [0.1, 0.15) is 18.2 Å². The Balaban J connectivity index is 2.05. The van der Waals surface area contributed by atoms with Gasteiger partial charge in [-0.15, -0.1) is 0 Å². The lowest BCUT2D eigenvalue weighted by Gasteiger charge is -2.43. The van der Waals surface area contributed by atoms with E-state index in [1.54, 1.807) is 0 Å². The Kier molecular flexibility index (Phi) is 7.52. The highest BCUT2D eigenvalue weighted by atomic mass is 16.7. The third-order valence-electron chi connectivity index (χ3n) is 3.97. The second kappa shape index (κ2) is 9.63. The maximum absolute atomic E-state index is 11.5. The second-order valence-corrected chi connectivity index (χ2v) is 6.07. The molecule has 8 heteroatoms. The van der Waals surface area contributed by atoms with Gasteiger partial charge in [-0.3, -0.25) is 9.59 Å². The van der Waals surface area contributed by atoms with Crippen LogP contribution >= 0.6 is 0 Å². The summed E-state index contributed by atoms with van der Waals surface area (Å²) in [6.45, 7) is 2.97. The Morgan fingerprint density at radius 2 is 1.92 bits per heavy atom. The van der Waals surface area contributed by atoms with E-state index < -0.39 is 36.6 Å². The van der Waals surface area contributed by atoms with Crippen LogP contribution in [-0.4, -0.2) is 61.3 Å². The Bertz CT molecular complexity index is 594. The van der Waals surface area contributed by atoms with Gasteiger partial charge >= 0.3 is 5.97 Å². The van der Waals surface area contributed by atoms with Crippen molar-refractivity contribution in [2.45, 2.75) is 51.1 Å². The molecule has 0 radical (unpaired) electrons. The average molecular weight is 367 g/mol. The summed E-state index contributed by atoms with van der Waals surface area (Å²) in [7, 11) is 1.41. The Labute approximate surface area is 152 Å². The van der Waals surface area contributed by atoms with Gasteiger partial charge in [0.05, 0.1) is 13.2 Å². The zero-order valence-corrected chi connectivity index (χ0v) is 15.1. The van der Waals surface area contributed by atoms with Gasteiger partial charge in [-0.25, -0.2) is 0 Å². The molecular weight excluding hydrogens is 342 g/mol. The van der Waals surface area contributed by atoms with E-state index in [0.717, 1.165) is 5.56 Å². The molecule has 1 aromatic rings. The Morgan fingerprint density at radius 3 is 2.50 bits per heavy atom. The smallest absolute Gasteiger partial charge is 0.303 e. The molecule has 1 aromatic carbocycles. The number of aliphatic hydroxyl groups is 1. The van der Waals surface area contributed by atoms with Crippen molar-refractivity contribution < 1.29 is 33.6 Å². The lowest BCUT2D eigenvalue weighted by molar-refractivity contribution is -0.269. The Hall–Kier alpha value is -2.00. The van der Waals surface area contributed by atoms with Crippen LogP contribution in [0, 0.1) is 0 Å². The van der Waals surface area contributed by atoms with Crippen molar-refractivity contribution in [1.29, 1.82) is 0 Å². The molecule has 0 aliphatic carbocycles. The summed E-state index contributed by atoms with van der Waals surface area (Å²) in [6, 6.07) is 8.73. The fourth-order valence-corrected chi connectivity index (χ4v) is 2.84. The van der Waals surface area contributed by atoms with Gasteiger partial charge < -0.3 is 29.4 Å². The van der Waals surface area contributed by atoms with E-state index in [0.29, 0.717) is 6.61 Å². The lowest BCUT2D eigenvalue weighted by Crippen LogP contribution is -2.65. The minimum atomic E-state index is -1.18. The summed E-state index contributed by atoms with van der Waals surface area (Å²) in [4.78, 5) is 22.9. The summed E-state index contributed by atoms with van der Waals surface area (Å²) < 4.78 is 21.8. The highest BCUT2D eigenvalue weighted by molar-refractivity contribution is 5.73. The monoisotopic (exact) mass is 367 g/mol. The first kappa shape index (κ1) is 20.3. The molecule has 26 heavy (non-hydrogen) atoms. The minimum Gasteiger partial charge on any atom is -0.457 e. The van der Waals surface area contributed by atoms with Crippen molar-refractivity contribution in [1.82, 2.24) is 5.32 Å². The molecular formula is C18H25NO7. The van der Waals surface area contributed by atoms with E-state index in [1.807, 2.05) is 30.3 Å². The van der Waals surface area contributed by atoms with E-state index in [-0.39, 0.29) is 12.5 Å². The van der Waals surface area contributed by atoms with Gasteiger partial charge in [0.15, 0.2) is 12.4 Å². The number of amides is 1. The lowest BCUT2D eigenvalue weighted by atomic mass is 9.96. The maximum atomic E-state index is 11.5. The highest BCUT2D eigenvalue weighted by Gasteiger charge is 2.48. The zero-order valence-electron chi connectivity index (χ0n) is 15.1. The number of nitrogens with one attached hydrogen (secondary N) is 1. The first-order valence-electron chi connectivity index (χ1n) is 8.34. The van der Waals surface area contributed by atoms with Gasteiger partial charge in [-0.2, -0.15) is 0 Å². The van der Waals surface area contributed by atoms with Crippen LogP contribution in [0.3, 0.4) is 0 Å². The standard InChI is InChI=1S/C18H25NO7/c1-11(20)19-15-17(25-12(2)21)16(22)14(26-18(15)23-3)10-24-9-13-7-5-4-6-8-13/h4-8,14-18,22H,9-10H2,1-3H3,(H,19,20)/t14-,15-,16-,17-,18+/m1/s1. The molecule has 1 fully saturated rings. The van der Waals surface area contributed by atoms with Crippen molar-refractivity contribution in [3.63, 3.8) is 0 Å². The van der Waals surface area contributed by atoms with E-state index in [2.05, 4.69) is 5.32 Å². The summed E-state index contributed by atoms with van der Waals surface area (Å²) in [5.74, 6) is -0.936. The van der Waals surface area contributed by atoms with Gasteiger partial charge in [0.25, 0.3) is 0 Å². The summed E-state index contributed by atoms with van der Waals surface area (Å²) in [6.07, 6.45) is -3.87. The number of rotatable bonds is 7. The molecule has 2 N–H and O–H groups in total. The molecule has 0 unspecified atom stereocenters. The van der Waals surface area contributed by atoms with Crippen LogP contribution in [0.4, 0.5) is 0 Å². The normalized spacial score (nSPS) is 28.4. The largest absolute Gasteiger partial charge is 0.457 e. The molecule has 1 amide bonds. The van der Waals surface area contributed by atoms with Crippen LogP contribution in [0.1, 0.15) is 19.4 Å². The molecule has 0 aromatic heterocycles. The number of carbonyl (C=O) groups excluding carboxylic acids is 2. The molecule has 1 aliphatic heterocycles. The third-order valence-corrected chi connectivity index (χ3v) is 3.97. The molecule has 1 heterocycles. The van der Waals surface area contributed by atoms with Gasteiger partial charge in [0.2, 0.25) is 5.91 Å². The SMILES string of the molecule is CO[C@H]1O[C@H](COCc2ccccc2)[C@@H](O)[C@H](OC(C)=O)[C@H]1NC(C)=O. The first-order chi connectivity index (χ1) is 12.4. The van der Waals surface area contributed by atoms with Crippen molar-refractivity contribution in [2.24, 2.45) is 0 Å². The van der Waals surface area contributed by atoms with E-state index in [9.17, 15) is 14.7 Å². The van der Waals surface area contributed by atoms with Gasteiger partial charge in [-0.1, -0.05) is 30.3 Å². The third kappa shape index (κ3) is 5.50. The van der Waals surface area contributed by atoms with Crippen molar-refractivity contribution >= 4 is 11.9 Å². The van der Waals surface area contributed by atoms with E-state index in [4.69, 9.17) is 18.9 Å². The quantitative estimate of drug-likeness (QED) is 0.671. The van der Waals surface area contributed by atoms with E-state index >= 15 is 0 Å². The number of hydrogen-bond donors (Lipinski definition) is 2. The van der Waals surface area contributed by atoms with Crippen LogP contribution in [0.25, 0.3) is 0 Å². The second-order valence-electron chi connectivity index (χ2n) is 6.07. The van der Waals surface area contributed by atoms with Crippen LogP contribution < -0.4 is 5.32 Å². The number of methoxy groups -OCH3 is 1. The molecule has 1 aliphatic rings. The number of carbonyl (C=O) groups is 2. The van der Waals surface area contributed by atoms with Crippen LogP contribution in [-0.2, 0) is 35.1 Å². The van der Waals surface area contributed by atoms with Crippen molar-refractivity contribution in [3.8, 4) is 0 Å². The van der Waals surface area contributed by atoms with Crippen molar-refractivity contribution in [2.75, 3.05) is 13.7 Å². The number of ether oxygens (including phenoxy) is 4.